The summed E-state index contributed by atoms with van der Waals surface area (Å²) in [5, 5.41) is 12.1. The molecule has 5 heteroatoms. The first-order valence-electron chi connectivity index (χ1n) is 6.35. The van der Waals surface area contributed by atoms with Crippen LogP contribution >= 0.6 is 0 Å². The summed E-state index contributed by atoms with van der Waals surface area (Å²) in [5.74, 6) is -1.50. The number of aromatic nitrogens is 1. The van der Waals surface area contributed by atoms with Crippen LogP contribution in [0.1, 0.15) is 42.6 Å². The normalized spacial score (nSPS) is 24.2. The van der Waals surface area contributed by atoms with Crippen molar-refractivity contribution in [3.05, 3.63) is 24.0 Å². The van der Waals surface area contributed by atoms with Crippen molar-refractivity contribution < 1.29 is 14.7 Å². The molecule has 0 spiro atoms. The van der Waals surface area contributed by atoms with Gasteiger partial charge in [0.05, 0.1) is 5.92 Å². The Balaban J connectivity index is 2.04. The number of hydrogen-bond acceptors (Lipinski definition) is 2. The lowest BCUT2D eigenvalue weighted by Gasteiger charge is -2.22. The van der Waals surface area contributed by atoms with Gasteiger partial charge in [-0.05, 0) is 25.0 Å². The molecule has 5 nitrogen and oxygen atoms in total. The molecule has 1 heterocycles. The average Bonchev–Trinajstić information content (AvgIpc) is 2.77. The van der Waals surface area contributed by atoms with Crippen LogP contribution in [0.25, 0.3) is 0 Å². The topological polar surface area (TPSA) is 82.2 Å². The second-order valence-electron chi connectivity index (χ2n) is 4.75. The van der Waals surface area contributed by atoms with Crippen LogP contribution in [0.15, 0.2) is 18.3 Å². The maximum absolute atomic E-state index is 11.9. The SMILES string of the molecule is O=C(NC1CCCCCC1C(=O)O)c1ccc[nH]1. The molecular formula is C13H18N2O3. The Morgan fingerprint density at radius 3 is 2.72 bits per heavy atom. The number of amides is 1. The smallest absolute Gasteiger partial charge is 0.308 e. The number of aliphatic carboxylic acids is 1. The molecule has 0 radical (unpaired) electrons. The van der Waals surface area contributed by atoms with Crippen molar-refractivity contribution in [2.45, 2.75) is 38.1 Å². The first-order chi connectivity index (χ1) is 8.68. The molecule has 1 amide bonds. The first kappa shape index (κ1) is 12.7. The number of hydrogen-bond donors (Lipinski definition) is 3. The van der Waals surface area contributed by atoms with E-state index in [1.807, 2.05) is 0 Å². The highest BCUT2D eigenvalue weighted by Gasteiger charge is 2.30. The molecule has 0 aliphatic heterocycles. The summed E-state index contributed by atoms with van der Waals surface area (Å²) in [6.45, 7) is 0. The van der Waals surface area contributed by atoms with E-state index in [0.29, 0.717) is 12.1 Å². The molecule has 3 N–H and O–H groups in total. The minimum Gasteiger partial charge on any atom is -0.481 e. The van der Waals surface area contributed by atoms with Crippen LogP contribution in [0, 0.1) is 5.92 Å². The number of carbonyl (C=O) groups excluding carboxylic acids is 1. The van der Waals surface area contributed by atoms with E-state index in [4.69, 9.17) is 0 Å². The van der Waals surface area contributed by atoms with Gasteiger partial charge in [0.1, 0.15) is 5.69 Å². The number of rotatable bonds is 3. The quantitative estimate of drug-likeness (QED) is 0.715. The molecule has 2 unspecified atom stereocenters. The van der Waals surface area contributed by atoms with Crippen LogP contribution in [0.2, 0.25) is 0 Å². The van der Waals surface area contributed by atoms with E-state index in [1.54, 1.807) is 18.3 Å². The molecule has 0 saturated heterocycles. The van der Waals surface area contributed by atoms with Gasteiger partial charge in [0, 0.05) is 12.2 Å². The van der Waals surface area contributed by atoms with Crippen molar-refractivity contribution in [3.8, 4) is 0 Å². The van der Waals surface area contributed by atoms with Gasteiger partial charge in [-0.15, -0.1) is 0 Å². The zero-order valence-corrected chi connectivity index (χ0v) is 10.2. The molecule has 1 aromatic heterocycles. The summed E-state index contributed by atoms with van der Waals surface area (Å²) in [6, 6.07) is 3.17. The number of carboxylic acids is 1. The van der Waals surface area contributed by atoms with Crippen LogP contribution < -0.4 is 5.32 Å². The van der Waals surface area contributed by atoms with E-state index in [1.165, 1.54) is 0 Å². The maximum Gasteiger partial charge on any atom is 0.308 e. The lowest BCUT2D eigenvalue weighted by molar-refractivity contribution is -0.142. The monoisotopic (exact) mass is 250 g/mol. The zero-order chi connectivity index (χ0) is 13.0. The molecule has 1 fully saturated rings. The molecule has 1 saturated carbocycles. The van der Waals surface area contributed by atoms with Crippen LogP contribution in [0.4, 0.5) is 0 Å². The summed E-state index contributed by atoms with van der Waals surface area (Å²) in [7, 11) is 0. The van der Waals surface area contributed by atoms with Gasteiger partial charge >= 0.3 is 5.97 Å². The summed E-state index contributed by atoms with van der Waals surface area (Å²) < 4.78 is 0. The maximum atomic E-state index is 11.9. The predicted molar refractivity (Wildman–Crippen MR) is 66.3 cm³/mol. The summed E-state index contributed by atoms with van der Waals surface area (Å²) >= 11 is 0. The summed E-state index contributed by atoms with van der Waals surface area (Å²) in [4.78, 5) is 26.0. The first-order valence-corrected chi connectivity index (χ1v) is 6.35. The molecule has 98 valence electrons. The van der Waals surface area contributed by atoms with Gasteiger partial charge < -0.3 is 15.4 Å². The van der Waals surface area contributed by atoms with Crippen molar-refractivity contribution in [1.82, 2.24) is 10.3 Å². The molecule has 1 aliphatic carbocycles. The van der Waals surface area contributed by atoms with Gasteiger partial charge in [-0.2, -0.15) is 0 Å². The molecular weight excluding hydrogens is 232 g/mol. The average molecular weight is 250 g/mol. The summed E-state index contributed by atoms with van der Waals surface area (Å²) in [5.41, 5.74) is 0.475. The molecule has 1 aromatic rings. The van der Waals surface area contributed by atoms with Crippen LogP contribution in [-0.2, 0) is 4.79 Å². The van der Waals surface area contributed by atoms with Crippen molar-refractivity contribution >= 4 is 11.9 Å². The van der Waals surface area contributed by atoms with Crippen LogP contribution in [0.5, 0.6) is 0 Å². The van der Waals surface area contributed by atoms with E-state index < -0.39 is 11.9 Å². The molecule has 18 heavy (non-hydrogen) atoms. The van der Waals surface area contributed by atoms with E-state index >= 15 is 0 Å². The van der Waals surface area contributed by atoms with Crippen molar-refractivity contribution in [2.75, 3.05) is 0 Å². The van der Waals surface area contributed by atoms with Gasteiger partial charge in [-0.3, -0.25) is 9.59 Å². The van der Waals surface area contributed by atoms with Crippen LogP contribution in [-0.4, -0.2) is 28.0 Å². The van der Waals surface area contributed by atoms with Gasteiger partial charge in [0.15, 0.2) is 0 Å². The molecule has 2 rings (SSSR count). The molecule has 0 aromatic carbocycles. The van der Waals surface area contributed by atoms with Gasteiger partial charge in [0.25, 0.3) is 5.91 Å². The number of H-pyrrole nitrogens is 1. The lowest BCUT2D eigenvalue weighted by Crippen LogP contribution is -2.42. The highest BCUT2D eigenvalue weighted by Crippen LogP contribution is 2.24. The number of carbonyl (C=O) groups is 2. The predicted octanol–water partition coefficient (Wildman–Crippen LogP) is 1.78. The van der Waals surface area contributed by atoms with Crippen molar-refractivity contribution in [1.29, 1.82) is 0 Å². The molecule has 2 atom stereocenters. The highest BCUT2D eigenvalue weighted by molar-refractivity contribution is 5.92. The molecule has 1 aliphatic rings. The molecule has 0 bridgehead atoms. The Morgan fingerprint density at radius 2 is 2.06 bits per heavy atom. The fraction of sp³-hybridized carbons (Fsp3) is 0.538. The van der Waals surface area contributed by atoms with Gasteiger partial charge in [-0.1, -0.05) is 19.3 Å². The standard InChI is InChI=1S/C13H18N2O3/c16-12(11-7-4-8-14-11)15-10-6-3-1-2-5-9(10)13(17)18/h4,7-10,14H,1-3,5-6H2,(H,15,16)(H,17,18). The number of carboxylic acid groups (broad SMARTS) is 1. The summed E-state index contributed by atoms with van der Waals surface area (Å²) in [6.07, 6.45) is 6.00. The van der Waals surface area contributed by atoms with E-state index in [-0.39, 0.29) is 11.9 Å². The Kier molecular flexibility index (Phi) is 4.02. The van der Waals surface area contributed by atoms with E-state index in [9.17, 15) is 14.7 Å². The van der Waals surface area contributed by atoms with Gasteiger partial charge in [-0.25, -0.2) is 0 Å². The Labute approximate surface area is 106 Å². The second kappa shape index (κ2) is 5.71. The fourth-order valence-corrected chi connectivity index (χ4v) is 2.49. The minimum atomic E-state index is -0.811. The Bertz CT molecular complexity index is 414. The van der Waals surface area contributed by atoms with E-state index in [0.717, 1.165) is 25.7 Å². The zero-order valence-electron chi connectivity index (χ0n) is 10.2. The number of aromatic amines is 1. The minimum absolute atomic E-state index is 0.224. The third kappa shape index (κ3) is 2.91. The Morgan fingerprint density at radius 1 is 1.28 bits per heavy atom. The second-order valence-corrected chi connectivity index (χ2v) is 4.75. The lowest BCUT2D eigenvalue weighted by atomic mass is 9.95. The number of nitrogens with one attached hydrogen (secondary N) is 2. The van der Waals surface area contributed by atoms with Crippen LogP contribution in [0.3, 0.4) is 0 Å². The van der Waals surface area contributed by atoms with Crippen molar-refractivity contribution in [3.63, 3.8) is 0 Å². The largest absolute Gasteiger partial charge is 0.481 e. The third-order valence-corrected chi connectivity index (χ3v) is 3.49. The highest BCUT2D eigenvalue weighted by atomic mass is 16.4. The van der Waals surface area contributed by atoms with Crippen molar-refractivity contribution in [2.24, 2.45) is 5.92 Å². The third-order valence-electron chi connectivity index (χ3n) is 3.49. The van der Waals surface area contributed by atoms with Gasteiger partial charge in [0.2, 0.25) is 0 Å². The Hall–Kier alpha value is -1.78. The fourth-order valence-electron chi connectivity index (χ4n) is 2.49. The van der Waals surface area contributed by atoms with E-state index in [2.05, 4.69) is 10.3 Å².